The van der Waals surface area contributed by atoms with E-state index in [1.165, 1.54) is 5.56 Å². The maximum absolute atomic E-state index is 5.64. The molecule has 0 saturated carbocycles. The Bertz CT molecular complexity index is 563. The van der Waals surface area contributed by atoms with E-state index in [-0.39, 0.29) is 0 Å². The molecule has 5 heteroatoms. The third-order valence-corrected chi connectivity index (χ3v) is 3.09. The fourth-order valence-electron chi connectivity index (χ4n) is 1.75. The molecule has 4 nitrogen and oxygen atoms in total. The van der Waals surface area contributed by atoms with Crippen LogP contribution in [0.3, 0.4) is 0 Å². The van der Waals surface area contributed by atoms with E-state index in [0.29, 0.717) is 5.11 Å². The number of hydrogen-bond acceptors (Lipinski definition) is 3. The van der Waals surface area contributed by atoms with Gasteiger partial charge in [0.1, 0.15) is 0 Å². The lowest BCUT2D eigenvalue weighted by atomic mass is 10.1. The molecule has 0 saturated heterocycles. The van der Waals surface area contributed by atoms with Crippen LogP contribution in [0.4, 0.5) is 17.1 Å². The molecule has 0 atom stereocenters. The molecule has 0 aliphatic heterocycles. The SMILES string of the molecule is Nc1ccc(CCNC(=S)Nc2ccc(N)cc2)cc1. The molecular weight excluding hydrogens is 268 g/mol. The number of anilines is 3. The first kappa shape index (κ1) is 14.1. The summed E-state index contributed by atoms with van der Waals surface area (Å²) in [6, 6.07) is 15.3. The molecule has 0 bridgehead atoms. The normalized spacial score (nSPS) is 10.0. The summed E-state index contributed by atoms with van der Waals surface area (Å²) in [6.07, 6.45) is 0.893. The van der Waals surface area contributed by atoms with E-state index >= 15 is 0 Å². The standard InChI is InChI=1S/C15H18N4S/c16-12-3-1-11(2-4-12)9-10-18-15(20)19-14-7-5-13(17)6-8-14/h1-8H,9-10,16-17H2,(H2,18,19,20). The van der Waals surface area contributed by atoms with E-state index < -0.39 is 0 Å². The summed E-state index contributed by atoms with van der Waals surface area (Å²) in [5, 5.41) is 6.88. The predicted octanol–water partition coefficient (Wildman–Crippen LogP) is 2.38. The highest BCUT2D eigenvalue weighted by Crippen LogP contribution is 2.10. The first-order valence-electron chi connectivity index (χ1n) is 6.38. The van der Waals surface area contributed by atoms with Gasteiger partial charge >= 0.3 is 0 Å². The Morgan fingerprint density at radius 1 is 0.900 bits per heavy atom. The number of nitrogen functional groups attached to an aromatic ring is 2. The third kappa shape index (κ3) is 4.44. The molecule has 0 radical (unpaired) electrons. The summed E-state index contributed by atoms with van der Waals surface area (Å²) in [5.41, 5.74) is 14.9. The fraction of sp³-hybridized carbons (Fsp3) is 0.133. The van der Waals surface area contributed by atoms with Crippen LogP contribution < -0.4 is 22.1 Å². The van der Waals surface area contributed by atoms with E-state index in [1.54, 1.807) is 0 Å². The van der Waals surface area contributed by atoms with Crippen molar-refractivity contribution in [2.75, 3.05) is 23.3 Å². The third-order valence-electron chi connectivity index (χ3n) is 2.85. The minimum absolute atomic E-state index is 0.602. The molecule has 20 heavy (non-hydrogen) atoms. The van der Waals surface area contributed by atoms with Gasteiger partial charge in [-0.3, -0.25) is 0 Å². The van der Waals surface area contributed by atoms with Crippen LogP contribution in [0.1, 0.15) is 5.56 Å². The van der Waals surface area contributed by atoms with E-state index in [2.05, 4.69) is 10.6 Å². The van der Waals surface area contributed by atoms with Crippen LogP contribution in [0.5, 0.6) is 0 Å². The molecule has 104 valence electrons. The van der Waals surface area contributed by atoms with Crippen molar-refractivity contribution in [3.8, 4) is 0 Å². The van der Waals surface area contributed by atoms with E-state index in [4.69, 9.17) is 23.7 Å². The van der Waals surface area contributed by atoms with E-state index in [1.807, 2.05) is 48.5 Å². The maximum Gasteiger partial charge on any atom is 0.170 e. The number of rotatable bonds is 4. The summed E-state index contributed by atoms with van der Waals surface area (Å²) in [5.74, 6) is 0. The zero-order chi connectivity index (χ0) is 14.4. The van der Waals surface area contributed by atoms with Crippen LogP contribution in [-0.2, 0) is 6.42 Å². The second kappa shape index (κ2) is 6.77. The average Bonchev–Trinajstić information content (AvgIpc) is 2.44. The van der Waals surface area contributed by atoms with Crippen molar-refractivity contribution in [1.82, 2.24) is 5.32 Å². The minimum Gasteiger partial charge on any atom is -0.399 e. The Morgan fingerprint density at radius 3 is 2.05 bits per heavy atom. The van der Waals surface area contributed by atoms with Gasteiger partial charge in [0.25, 0.3) is 0 Å². The van der Waals surface area contributed by atoms with Crippen molar-refractivity contribution in [2.45, 2.75) is 6.42 Å². The van der Waals surface area contributed by atoms with Gasteiger partial charge in [-0.05, 0) is 60.6 Å². The first-order valence-corrected chi connectivity index (χ1v) is 6.79. The van der Waals surface area contributed by atoms with Crippen molar-refractivity contribution in [3.63, 3.8) is 0 Å². The van der Waals surface area contributed by atoms with Crippen molar-refractivity contribution < 1.29 is 0 Å². The van der Waals surface area contributed by atoms with Gasteiger partial charge in [-0.25, -0.2) is 0 Å². The molecule has 0 heterocycles. The Balaban J connectivity index is 1.75. The molecule has 2 aromatic rings. The highest BCUT2D eigenvalue weighted by Gasteiger charge is 1.98. The second-order valence-electron chi connectivity index (χ2n) is 4.49. The summed E-state index contributed by atoms with van der Waals surface area (Å²) in [7, 11) is 0. The van der Waals surface area contributed by atoms with Gasteiger partial charge in [0.15, 0.2) is 5.11 Å². The molecule has 0 fully saturated rings. The molecule has 0 amide bonds. The van der Waals surface area contributed by atoms with Gasteiger partial charge in [0.05, 0.1) is 0 Å². The van der Waals surface area contributed by atoms with Crippen LogP contribution in [0.2, 0.25) is 0 Å². The number of nitrogens with two attached hydrogens (primary N) is 2. The number of thiocarbonyl (C=S) groups is 1. The summed E-state index contributed by atoms with van der Waals surface area (Å²) >= 11 is 5.23. The largest absolute Gasteiger partial charge is 0.399 e. The molecular formula is C15H18N4S. The van der Waals surface area contributed by atoms with Crippen molar-refractivity contribution >= 4 is 34.4 Å². The summed E-state index contributed by atoms with van der Waals surface area (Å²) < 4.78 is 0. The van der Waals surface area contributed by atoms with Crippen molar-refractivity contribution in [2.24, 2.45) is 0 Å². The molecule has 0 unspecified atom stereocenters. The zero-order valence-electron chi connectivity index (χ0n) is 11.1. The zero-order valence-corrected chi connectivity index (χ0v) is 11.9. The van der Waals surface area contributed by atoms with Crippen LogP contribution in [0.25, 0.3) is 0 Å². The number of benzene rings is 2. The fourth-order valence-corrected chi connectivity index (χ4v) is 1.97. The van der Waals surface area contributed by atoms with Gasteiger partial charge in [-0.2, -0.15) is 0 Å². The highest BCUT2D eigenvalue weighted by molar-refractivity contribution is 7.80. The molecule has 2 aromatic carbocycles. The van der Waals surface area contributed by atoms with Crippen LogP contribution in [0, 0.1) is 0 Å². The van der Waals surface area contributed by atoms with Crippen LogP contribution in [0.15, 0.2) is 48.5 Å². The Hall–Kier alpha value is -2.27. The second-order valence-corrected chi connectivity index (χ2v) is 4.90. The van der Waals surface area contributed by atoms with Gasteiger partial charge in [-0.15, -0.1) is 0 Å². The van der Waals surface area contributed by atoms with Crippen molar-refractivity contribution in [3.05, 3.63) is 54.1 Å². The lowest BCUT2D eigenvalue weighted by Crippen LogP contribution is -2.30. The first-order chi connectivity index (χ1) is 9.63. The smallest absolute Gasteiger partial charge is 0.170 e. The van der Waals surface area contributed by atoms with Gasteiger partial charge in [0, 0.05) is 23.6 Å². The minimum atomic E-state index is 0.602. The molecule has 2 rings (SSSR count). The Morgan fingerprint density at radius 2 is 1.45 bits per heavy atom. The maximum atomic E-state index is 5.64. The summed E-state index contributed by atoms with van der Waals surface area (Å²) in [6.45, 7) is 0.769. The highest BCUT2D eigenvalue weighted by atomic mass is 32.1. The van der Waals surface area contributed by atoms with Crippen molar-refractivity contribution in [1.29, 1.82) is 0 Å². The van der Waals surface area contributed by atoms with Gasteiger partial charge in [0.2, 0.25) is 0 Å². The van der Waals surface area contributed by atoms with E-state index in [0.717, 1.165) is 30.0 Å². The van der Waals surface area contributed by atoms with Gasteiger partial charge < -0.3 is 22.1 Å². The predicted molar refractivity (Wildman–Crippen MR) is 89.6 cm³/mol. The lowest BCUT2D eigenvalue weighted by Gasteiger charge is -2.10. The lowest BCUT2D eigenvalue weighted by molar-refractivity contribution is 0.873. The van der Waals surface area contributed by atoms with Gasteiger partial charge in [-0.1, -0.05) is 12.1 Å². The quantitative estimate of drug-likeness (QED) is 0.513. The molecule has 6 N–H and O–H groups in total. The summed E-state index contributed by atoms with van der Waals surface area (Å²) in [4.78, 5) is 0. The van der Waals surface area contributed by atoms with Crippen LogP contribution >= 0.6 is 12.2 Å². The monoisotopic (exact) mass is 286 g/mol. The Kier molecular flexibility index (Phi) is 4.79. The molecule has 0 spiro atoms. The van der Waals surface area contributed by atoms with E-state index in [9.17, 15) is 0 Å². The van der Waals surface area contributed by atoms with Crippen LogP contribution in [-0.4, -0.2) is 11.7 Å². The molecule has 0 aliphatic rings. The molecule has 0 aromatic heterocycles. The molecule has 0 aliphatic carbocycles. The Labute approximate surface area is 124 Å². The number of hydrogen-bond donors (Lipinski definition) is 4. The number of nitrogens with one attached hydrogen (secondary N) is 2. The topological polar surface area (TPSA) is 76.1 Å². The average molecular weight is 286 g/mol.